The van der Waals surface area contributed by atoms with E-state index in [-0.39, 0.29) is 11.4 Å². The SMILES string of the molecule is CCCC(N)(CCC)c1ccc(CC(=O)NC)cc1. The molecule has 0 heterocycles. The molecule has 0 aliphatic rings. The fourth-order valence-corrected chi connectivity index (χ4v) is 2.53. The summed E-state index contributed by atoms with van der Waals surface area (Å²) in [6, 6.07) is 8.17. The molecule has 0 fully saturated rings. The van der Waals surface area contributed by atoms with E-state index in [2.05, 4.69) is 31.3 Å². The van der Waals surface area contributed by atoms with Crippen LogP contribution in [0, 0.1) is 0 Å². The van der Waals surface area contributed by atoms with Gasteiger partial charge in [0.15, 0.2) is 0 Å². The molecule has 0 atom stereocenters. The topological polar surface area (TPSA) is 55.1 Å². The Hall–Kier alpha value is -1.35. The first-order valence-corrected chi connectivity index (χ1v) is 7.14. The lowest BCUT2D eigenvalue weighted by Gasteiger charge is -2.29. The third-order valence-corrected chi connectivity index (χ3v) is 3.56. The molecule has 0 aliphatic heterocycles. The fourth-order valence-electron chi connectivity index (χ4n) is 2.53. The van der Waals surface area contributed by atoms with E-state index >= 15 is 0 Å². The number of carbonyl (C=O) groups is 1. The monoisotopic (exact) mass is 262 g/mol. The molecule has 1 amide bonds. The summed E-state index contributed by atoms with van der Waals surface area (Å²) in [6.45, 7) is 4.33. The lowest BCUT2D eigenvalue weighted by atomic mass is 9.82. The zero-order chi connectivity index (χ0) is 14.3. The highest BCUT2D eigenvalue weighted by Gasteiger charge is 2.25. The molecular formula is C16H26N2O. The molecule has 0 unspecified atom stereocenters. The van der Waals surface area contributed by atoms with Gasteiger partial charge in [-0.1, -0.05) is 51.0 Å². The van der Waals surface area contributed by atoms with Crippen LogP contribution in [0.4, 0.5) is 0 Å². The number of nitrogens with two attached hydrogens (primary N) is 1. The molecule has 1 aromatic rings. The Balaban J connectivity index is 2.86. The molecule has 3 heteroatoms. The highest BCUT2D eigenvalue weighted by atomic mass is 16.1. The predicted octanol–water partition coefficient (Wildman–Crippen LogP) is 2.73. The maximum atomic E-state index is 11.3. The highest BCUT2D eigenvalue weighted by molar-refractivity contribution is 5.78. The van der Waals surface area contributed by atoms with Crippen molar-refractivity contribution in [1.82, 2.24) is 5.32 Å². The van der Waals surface area contributed by atoms with Gasteiger partial charge in [0.2, 0.25) is 5.91 Å². The van der Waals surface area contributed by atoms with Crippen molar-refractivity contribution in [2.45, 2.75) is 51.5 Å². The Morgan fingerprint density at radius 1 is 1.16 bits per heavy atom. The van der Waals surface area contributed by atoms with Crippen LogP contribution in [0.15, 0.2) is 24.3 Å². The van der Waals surface area contributed by atoms with Gasteiger partial charge >= 0.3 is 0 Å². The maximum Gasteiger partial charge on any atom is 0.224 e. The number of carbonyl (C=O) groups excluding carboxylic acids is 1. The number of hydrogen-bond acceptors (Lipinski definition) is 2. The second-order valence-corrected chi connectivity index (χ2v) is 5.20. The van der Waals surface area contributed by atoms with Crippen molar-refractivity contribution in [2.75, 3.05) is 7.05 Å². The third kappa shape index (κ3) is 4.35. The minimum atomic E-state index is -0.227. The quantitative estimate of drug-likeness (QED) is 0.794. The van der Waals surface area contributed by atoms with E-state index in [4.69, 9.17) is 5.73 Å². The summed E-state index contributed by atoms with van der Waals surface area (Å²) in [5.41, 5.74) is 8.52. The first-order valence-electron chi connectivity index (χ1n) is 7.14. The van der Waals surface area contributed by atoms with Gasteiger partial charge in [-0.15, -0.1) is 0 Å². The minimum Gasteiger partial charge on any atom is -0.359 e. The van der Waals surface area contributed by atoms with Gasteiger partial charge in [-0.3, -0.25) is 4.79 Å². The Morgan fingerprint density at radius 3 is 2.11 bits per heavy atom. The number of nitrogens with one attached hydrogen (secondary N) is 1. The summed E-state index contributed by atoms with van der Waals surface area (Å²) < 4.78 is 0. The summed E-state index contributed by atoms with van der Waals surface area (Å²) in [6.07, 6.45) is 4.58. The molecule has 0 spiro atoms. The smallest absolute Gasteiger partial charge is 0.224 e. The lowest BCUT2D eigenvalue weighted by molar-refractivity contribution is -0.119. The average Bonchev–Trinajstić information content (AvgIpc) is 2.40. The summed E-state index contributed by atoms with van der Waals surface area (Å²) in [7, 11) is 1.66. The van der Waals surface area contributed by atoms with Crippen LogP contribution in [0.3, 0.4) is 0 Å². The molecule has 3 nitrogen and oxygen atoms in total. The molecule has 19 heavy (non-hydrogen) atoms. The van der Waals surface area contributed by atoms with E-state index in [1.807, 2.05) is 12.1 Å². The van der Waals surface area contributed by atoms with Crippen molar-refractivity contribution in [3.05, 3.63) is 35.4 Å². The van der Waals surface area contributed by atoms with Gasteiger partial charge < -0.3 is 11.1 Å². The van der Waals surface area contributed by atoms with Crippen LogP contribution < -0.4 is 11.1 Å². The second-order valence-electron chi connectivity index (χ2n) is 5.20. The standard InChI is InChI=1S/C16H26N2O/c1-4-10-16(17,11-5-2)14-8-6-13(7-9-14)12-15(19)18-3/h6-9H,4-5,10-12,17H2,1-3H3,(H,18,19). The van der Waals surface area contributed by atoms with Gasteiger partial charge in [0, 0.05) is 12.6 Å². The van der Waals surface area contributed by atoms with E-state index in [1.54, 1.807) is 7.05 Å². The van der Waals surface area contributed by atoms with Gasteiger partial charge in [0.25, 0.3) is 0 Å². The third-order valence-electron chi connectivity index (χ3n) is 3.56. The first kappa shape index (κ1) is 15.7. The van der Waals surface area contributed by atoms with E-state index in [9.17, 15) is 4.79 Å². The zero-order valence-corrected chi connectivity index (χ0v) is 12.3. The van der Waals surface area contributed by atoms with E-state index in [1.165, 1.54) is 5.56 Å². The van der Waals surface area contributed by atoms with Crippen LogP contribution in [0.2, 0.25) is 0 Å². The summed E-state index contributed by atoms with van der Waals surface area (Å²) >= 11 is 0. The molecule has 0 bridgehead atoms. The van der Waals surface area contributed by atoms with Crippen LogP contribution in [0.25, 0.3) is 0 Å². The van der Waals surface area contributed by atoms with Crippen molar-refractivity contribution >= 4 is 5.91 Å². The molecular weight excluding hydrogens is 236 g/mol. The van der Waals surface area contributed by atoms with Crippen LogP contribution in [-0.4, -0.2) is 13.0 Å². The Morgan fingerprint density at radius 2 is 1.68 bits per heavy atom. The number of rotatable bonds is 7. The Labute approximate surface area is 116 Å². The lowest BCUT2D eigenvalue weighted by Crippen LogP contribution is -2.36. The van der Waals surface area contributed by atoms with Crippen LogP contribution in [-0.2, 0) is 16.8 Å². The van der Waals surface area contributed by atoms with Gasteiger partial charge in [-0.05, 0) is 24.0 Å². The van der Waals surface area contributed by atoms with Crippen molar-refractivity contribution in [3.8, 4) is 0 Å². The molecule has 0 saturated heterocycles. The predicted molar refractivity (Wildman–Crippen MR) is 79.9 cm³/mol. The minimum absolute atomic E-state index is 0.0360. The molecule has 0 saturated carbocycles. The molecule has 0 aliphatic carbocycles. The molecule has 1 aromatic carbocycles. The van der Waals surface area contributed by atoms with Gasteiger partial charge in [-0.2, -0.15) is 0 Å². The van der Waals surface area contributed by atoms with Crippen molar-refractivity contribution in [3.63, 3.8) is 0 Å². The highest BCUT2D eigenvalue weighted by Crippen LogP contribution is 2.29. The largest absolute Gasteiger partial charge is 0.359 e. The summed E-state index contributed by atoms with van der Waals surface area (Å²) in [5, 5.41) is 2.64. The number of hydrogen-bond donors (Lipinski definition) is 2. The number of amides is 1. The molecule has 3 N–H and O–H groups in total. The summed E-state index contributed by atoms with van der Waals surface area (Å²) in [5.74, 6) is 0.0360. The maximum absolute atomic E-state index is 11.3. The first-order chi connectivity index (χ1) is 9.05. The fraction of sp³-hybridized carbons (Fsp3) is 0.562. The van der Waals surface area contributed by atoms with Crippen LogP contribution >= 0.6 is 0 Å². The van der Waals surface area contributed by atoms with Crippen LogP contribution in [0.1, 0.15) is 50.7 Å². The second kappa shape index (κ2) is 7.29. The van der Waals surface area contributed by atoms with Gasteiger partial charge in [-0.25, -0.2) is 0 Å². The Kier molecular flexibility index (Phi) is 6.03. The van der Waals surface area contributed by atoms with E-state index in [0.29, 0.717) is 6.42 Å². The summed E-state index contributed by atoms with van der Waals surface area (Å²) in [4.78, 5) is 11.3. The van der Waals surface area contributed by atoms with Crippen molar-refractivity contribution < 1.29 is 4.79 Å². The normalized spacial score (nSPS) is 11.4. The van der Waals surface area contributed by atoms with Gasteiger partial charge in [0.1, 0.15) is 0 Å². The van der Waals surface area contributed by atoms with E-state index < -0.39 is 0 Å². The molecule has 0 aromatic heterocycles. The molecule has 106 valence electrons. The number of likely N-dealkylation sites (N-methyl/N-ethyl adjacent to an activating group) is 1. The van der Waals surface area contributed by atoms with Crippen molar-refractivity contribution in [2.24, 2.45) is 5.73 Å². The molecule has 1 rings (SSSR count). The van der Waals surface area contributed by atoms with Crippen molar-refractivity contribution in [1.29, 1.82) is 0 Å². The number of benzene rings is 1. The van der Waals surface area contributed by atoms with E-state index in [0.717, 1.165) is 31.2 Å². The Bertz CT molecular complexity index is 392. The van der Waals surface area contributed by atoms with Gasteiger partial charge in [0.05, 0.1) is 6.42 Å². The van der Waals surface area contributed by atoms with Crippen LogP contribution in [0.5, 0.6) is 0 Å². The average molecular weight is 262 g/mol. The molecule has 0 radical (unpaired) electrons. The zero-order valence-electron chi connectivity index (χ0n) is 12.3.